The van der Waals surface area contributed by atoms with Gasteiger partial charge in [-0.3, -0.25) is 4.79 Å². The standard InChI is InChI=1S/C16H29N3O4/c1-15(2,3)11-18(14(21)22)10-12-9-13(20)19(17-12)8-7-16(4,5)23-6/h7-11H2,1-6H3,(H,21,22). The minimum absolute atomic E-state index is 0.0898. The van der Waals surface area contributed by atoms with Crippen LogP contribution in [-0.2, 0) is 9.53 Å². The molecular weight excluding hydrogens is 298 g/mol. The monoisotopic (exact) mass is 327 g/mol. The van der Waals surface area contributed by atoms with E-state index in [1.54, 1.807) is 7.11 Å². The Morgan fingerprint density at radius 3 is 2.43 bits per heavy atom. The first-order chi connectivity index (χ1) is 10.4. The van der Waals surface area contributed by atoms with Crippen molar-refractivity contribution < 1.29 is 19.4 Å². The molecule has 0 fully saturated rings. The predicted molar refractivity (Wildman–Crippen MR) is 88.5 cm³/mol. The van der Waals surface area contributed by atoms with Crippen LogP contribution in [0.5, 0.6) is 0 Å². The van der Waals surface area contributed by atoms with Crippen LogP contribution in [-0.4, -0.2) is 65.1 Å². The van der Waals surface area contributed by atoms with Gasteiger partial charge in [0.15, 0.2) is 0 Å². The molecule has 1 N–H and O–H groups in total. The average Bonchev–Trinajstić information content (AvgIpc) is 2.74. The summed E-state index contributed by atoms with van der Waals surface area (Å²) in [5.74, 6) is -0.0898. The summed E-state index contributed by atoms with van der Waals surface area (Å²) < 4.78 is 5.34. The zero-order valence-electron chi connectivity index (χ0n) is 15.0. The third-order valence-electron chi connectivity index (χ3n) is 3.69. The highest BCUT2D eigenvalue weighted by atomic mass is 16.5. The van der Waals surface area contributed by atoms with Gasteiger partial charge in [0.25, 0.3) is 0 Å². The Hall–Kier alpha value is -1.63. The van der Waals surface area contributed by atoms with Gasteiger partial charge in [0.2, 0.25) is 5.91 Å². The van der Waals surface area contributed by atoms with Crippen molar-refractivity contribution in [3.8, 4) is 0 Å². The zero-order valence-corrected chi connectivity index (χ0v) is 15.0. The molecule has 7 nitrogen and oxygen atoms in total. The van der Waals surface area contributed by atoms with E-state index in [1.165, 1.54) is 9.91 Å². The van der Waals surface area contributed by atoms with Gasteiger partial charge < -0.3 is 14.7 Å². The first kappa shape index (κ1) is 19.4. The summed E-state index contributed by atoms with van der Waals surface area (Å²) in [6.07, 6.45) is -0.146. The Morgan fingerprint density at radius 1 is 1.35 bits per heavy atom. The van der Waals surface area contributed by atoms with Gasteiger partial charge in [0.05, 0.1) is 24.3 Å². The Bertz CT molecular complexity index is 480. The summed E-state index contributed by atoms with van der Waals surface area (Å²) in [6, 6.07) is 0. The normalized spacial score (nSPS) is 15.8. The first-order valence-electron chi connectivity index (χ1n) is 7.83. The molecule has 0 aromatic rings. The number of rotatable bonds is 7. The molecule has 0 atom stereocenters. The second kappa shape index (κ2) is 7.29. The fourth-order valence-corrected chi connectivity index (χ4v) is 2.25. The van der Waals surface area contributed by atoms with Crippen molar-refractivity contribution in [1.29, 1.82) is 0 Å². The van der Waals surface area contributed by atoms with E-state index in [1.807, 2.05) is 34.6 Å². The van der Waals surface area contributed by atoms with Crippen molar-refractivity contribution in [2.24, 2.45) is 10.5 Å². The second-order valence-corrected chi connectivity index (χ2v) is 7.77. The van der Waals surface area contributed by atoms with E-state index >= 15 is 0 Å². The van der Waals surface area contributed by atoms with Crippen LogP contribution in [0.3, 0.4) is 0 Å². The van der Waals surface area contributed by atoms with Crippen LogP contribution in [0.1, 0.15) is 47.5 Å². The summed E-state index contributed by atoms with van der Waals surface area (Å²) in [5.41, 5.74) is 0.124. The number of hydrazone groups is 1. The zero-order chi connectivity index (χ0) is 17.8. The fraction of sp³-hybridized carbons (Fsp3) is 0.812. The minimum Gasteiger partial charge on any atom is -0.465 e. The van der Waals surface area contributed by atoms with Crippen molar-refractivity contribution >= 4 is 17.7 Å². The largest absolute Gasteiger partial charge is 0.465 e. The van der Waals surface area contributed by atoms with Gasteiger partial charge >= 0.3 is 6.09 Å². The Balaban J connectivity index is 2.68. The molecule has 2 amide bonds. The van der Waals surface area contributed by atoms with Crippen LogP contribution in [0.25, 0.3) is 0 Å². The molecule has 132 valence electrons. The summed E-state index contributed by atoms with van der Waals surface area (Å²) in [7, 11) is 1.64. The number of carboxylic acid groups (broad SMARTS) is 1. The number of carbonyl (C=O) groups is 2. The Morgan fingerprint density at radius 2 is 1.96 bits per heavy atom. The third kappa shape index (κ3) is 6.56. The highest BCUT2D eigenvalue weighted by Crippen LogP contribution is 2.19. The van der Waals surface area contributed by atoms with E-state index in [4.69, 9.17) is 4.74 Å². The van der Waals surface area contributed by atoms with E-state index in [-0.39, 0.29) is 29.9 Å². The molecule has 0 radical (unpaired) electrons. The van der Waals surface area contributed by atoms with Gasteiger partial charge in [-0.15, -0.1) is 0 Å². The molecule has 0 aromatic heterocycles. The summed E-state index contributed by atoms with van der Waals surface area (Å²) in [6.45, 7) is 10.9. The third-order valence-corrected chi connectivity index (χ3v) is 3.69. The number of hydrogen-bond acceptors (Lipinski definition) is 4. The molecular formula is C16H29N3O4. The molecule has 1 aliphatic rings. The molecule has 0 spiro atoms. The average molecular weight is 327 g/mol. The van der Waals surface area contributed by atoms with Crippen LogP contribution in [0.4, 0.5) is 4.79 Å². The maximum Gasteiger partial charge on any atom is 0.407 e. The lowest BCUT2D eigenvalue weighted by molar-refractivity contribution is -0.129. The van der Waals surface area contributed by atoms with Gasteiger partial charge in [0.1, 0.15) is 0 Å². The molecule has 0 aromatic carbocycles. The van der Waals surface area contributed by atoms with E-state index in [9.17, 15) is 14.7 Å². The minimum atomic E-state index is -0.992. The molecule has 7 heteroatoms. The molecule has 0 saturated carbocycles. The van der Waals surface area contributed by atoms with Gasteiger partial charge in [-0.05, 0) is 25.7 Å². The van der Waals surface area contributed by atoms with E-state index in [2.05, 4.69) is 5.10 Å². The van der Waals surface area contributed by atoms with E-state index in [0.717, 1.165) is 0 Å². The van der Waals surface area contributed by atoms with Gasteiger partial charge in [-0.25, -0.2) is 9.80 Å². The Labute approximate surface area is 138 Å². The molecule has 0 aliphatic carbocycles. The van der Waals surface area contributed by atoms with Crippen molar-refractivity contribution in [3.63, 3.8) is 0 Å². The molecule has 1 heterocycles. The summed E-state index contributed by atoms with van der Waals surface area (Å²) >= 11 is 0. The van der Waals surface area contributed by atoms with E-state index < -0.39 is 6.09 Å². The maximum atomic E-state index is 12.0. The number of carbonyl (C=O) groups excluding carboxylic acids is 1. The number of nitrogens with zero attached hydrogens (tertiary/aromatic N) is 3. The lowest BCUT2D eigenvalue weighted by atomic mass is 9.96. The lowest BCUT2D eigenvalue weighted by Crippen LogP contribution is -2.40. The van der Waals surface area contributed by atoms with Crippen LogP contribution in [0.2, 0.25) is 0 Å². The fourth-order valence-electron chi connectivity index (χ4n) is 2.25. The predicted octanol–water partition coefficient (Wildman–Crippen LogP) is 2.42. The van der Waals surface area contributed by atoms with Crippen molar-refractivity contribution in [3.05, 3.63) is 0 Å². The first-order valence-corrected chi connectivity index (χ1v) is 7.83. The second-order valence-electron chi connectivity index (χ2n) is 7.77. The molecule has 1 aliphatic heterocycles. The van der Waals surface area contributed by atoms with Crippen molar-refractivity contribution in [2.45, 2.75) is 53.1 Å². The smallest absolute Gasteiger partial charge is 0.407 e. The van der Waals surface area contributed by atoms with Crippen molar-refractivity contribution in [2.75, 3.05) is 26.7 Å². The lowest BCUT2D eigenvalue weighted by Gasteiger charge is -2.27. The topological polar surface area (TPSA) is 82.4 Å². The van der Waals surface area contributed by atoms with E-state index in [0.29, 0.717) is 25.2 Å². The number of ether oxygens (including phenoxy) is 1. The summed E-state index contributed by atoms with van der Waals surface area (Å²) in [4.78, 5) is 24.7. The number of hydrogen-bond donors (Lipinski definition) is 1. The highest BCUT2D eigenvalue weighted by molar-refractivity contribution is 6.06. The van der Waals surface area contributed by atoms with Crippen LogP contribution in [0, 0.1) is 5.41 Å². The molecule has 1 rings (SSSR count). The maximum absolute atomic E-state index is 12.0. The van der Waals surface area contributed by atoms with Crippen LogP contribution < -0.4 is 0 Å². The van der Waals surface area contributed by atoms with Crippen molar-refractivity contribution in [1.82, 2.24) is 9.91 Å². The van der Waals surface area contributed by atoms with Gasteiger partial charge in [0, 0.05) is 20.2 Å². The Kier molecular flexibility index (Phi) is 6.16. The number of amides is 2. The molecule has 0 bridgehead atoms. The van der Waals surface area contributed by atoms with Gasteiger partial charge in [-0.2, -0.15) is 5.10 Å². The molecule has 0 saturated heterocycles. The van der Waals surface area contributed by atoms with Crippen LogP contribution in [0.15, 0.2) is 5.10 Å². The molecule has 23 heavy (non-hydrogen) atoms. The van der Waals surface area contributed by atoms with Gasteiger partial charge in [-0.1, -0.05) is 20.8 Å². The quantitative estimate of drug-likeness (QED) is 0.778. The molecule has 0 unspecified atom stereocenters. The highest BCUT2D eigenvalue weighted by Gasteiger charge is 2.29. The number of methoxy groups -OCH3 is 1. The summed E-state index contributed by atoms with van der Waals surface area (Å²) in [5, 5.41) is 15.0. The van der Waals surface area contributed by atoms with Crippen LogP contribution >= 0.6 is 0 Å². The SMILES string of the molecule is COC(C)(C)CCN1N=C(CN(CC(C)(C)C)C(=O)O)CC1=O.